The quantitative estimate of drug-likeness (QED) is 0.841. The summed E-state index contributed by atoms with van der Waals surface area (Å²) >= 11 is 0. The summed E-state index contributed by atoms with van der Waals surface area (Å²) in [5.74, 6) is 0.298. The Kier molecular flexibility index (Phi) is 3.18. The summed E-state index contributed by atoms with van der Waals surface area (Å²) in [6.07, 6.45) is 0. The van der Waals surface area contributed by atoms with Crippen LogP contribution in [0.2, 0.25) is 0 Å². The van der Waals surface area contributed by atoms with Crippen molar-refractivity contribution < 1.29 is 9.84 Å². The molecule has 6 heteroatoms. The second kappa shape index (κ2) is 4.79. The van der Waals surface area contributed by atoms with Gasteiger partial charge >= 0.3 is 0 Å². The van der Waals surface area contributed by atoms with Crippen molar-refractivity contribution in [2.75, 3.05) is 12.3 Å². The first-order valence-electron chi connectivity index (χ1n) is 5.44. The van der Waals surface area contributed by atoms with Crippen LogP contribution in [0.4, 0.5) is 5.82 Å². The molecule has 0 fully saturated rings. The molecule has 0 spiro atoms. The average molecular weight is 247 g/mol. The number of benzene rings is 1. The maximum Gasteiger partial charge on any atom is 0.275 e. The number of nitrogen functional groups attached to an aromatic ring is 1. The molecule has 2 rings (SSSR count). The van der Waals surface area contributed by atoms with E-state index in [0.29, 0.717) is 18.0 Å². The molecule has 0 aliphatic rings. The van der Waals surface area contributed by atoms with E-state index < -0.39 is 5.56 Å². The van der Waals surface area contributed by atoms with Gasteiger partial charge in [0.2, 0.25) is 0 Å². The van der Waals surface area contributed by atoms with Gasteiger partial charge in [-0.3, -0.25) is 4.79 Å². The molecule has 0 unspecified atom stereocenters. The normalized spacial score (nSPS) is 10.3. The van der Waals surface area contributed by atoms with Crippen LogP contribution in [0.5, 0.6) is 11.5 Å². The summed E-state index contributed by atoms with van der Waals surface area (Å²) in [6.45, 7) is 2.46. The van der Waals surface area contributed by atoms with Gasteiger partial charge in [0.1, 0.15) is 5.75 Å². The van der Waals surface area contributed by atoms with Crippen molar-refractivity contribution in [2.24, 2.45) is 0 Å². The molecule has 1 heterocycles. The number of nitrogens with two attached hydrogens (primary N) is 1. The Labute approximate surface area is 103 Å². The van der Waals surface area contributed by atoms with E-state index in [1.807, 2.05) is 6.92 Å². The van der Waals surface area contributed by atoms with Crippen molar-refractivity contribution in [3.63, 3.8) is 0 Å². The summed E-state index contributed by atoms with van der Waals surface area (Å²) in [6, 6.07) is 7.87. The number of hydrogen-bond donors (Lipinski definition) is 2. The largest absolute Gasteiger partial charge is 0.504 e. The van der Waals surface area contributed by atoms with E-state index >= 15 is 0 Å². The van der Waals surface area contributed by atoms with E-state index in [2.05, 4.69) is 5.10 Å². The van der Waals surface area contributed by atoms with Crippen molar-refractivity contribution in [2.45, 2.75) is 6.92 Å². The molecular formula is C12H13N3O3. The molecule has 0 atom stereocenters. The van der Waals surface area contributed by atoms with E-state index in [1.54, 1.807) is 24.3 Å². The monoisotopic (exact) mass is 247 g/mol. The molecule has 0 saturated carbocycles. The SMILES string of the molecule is CCOc1ccc(-n2nc(N)c(O)cc2=O)cc1. The summed E-state index contributed by atoms with van der Waals surface area (Å²) in [5.41, 5.74) is 5.56. The van der Waals surface area contributed by atoms with E-state index in [9.17, 15) is 9.90 Å². The lowest BCUT2D eigenvalue weighted by Gasteiger charge is -2.07. The van der Waals surface area contributed by atoms with Crippen LogP contribution in [0.15, 0.2) is 35.1 Å². The maximum absolute atomic E-state index is 11.7. The Morgan fingerprint density at radius 1 is 1.39 bits per heavy atom. The van der Waals surface area contributed by atoms with Crippen molar-refractivity contribution in [3.8, 4) is 17.2 Å². The average Bonchev–Trinajstić information content (AvgIpc) is 2.35. The van der Waals surface area contributed by atoms with Crippen molar-refractivity contribution in [1.29, 1.82) is 0 Å². The lowest BCUT2D eigenvalue weighted by Crippen LogP contribution is -2.21. The van der Waals surface area contributed by atoms with Crippen molar-refractivity contribution in [1.82, 2.24) is 9.78 Å². The standard InChI is InChI=1S/C12H13N3O3/c1-2-18-9-5-3-8(4-6-9)15-11(17)7-10(16)12(13)14-15/h3-7,16H,2H2,1H3,(H2,13,14). The zero-order valence-corrected chi connectivity index (χ0v) is 9.83. The fourth-order valence-electron chi connectivity index (χ4n) is 1.50. The number of nitrogens with zero attached hydrogens (tertiary/aromatic N) is 2. The number of anilines is 1. The molecule has 0 aliphatic carbocycles. The van der Waals surface area contributed by atoms with Gasteiger partial charge in [-0.05, 0) is 31.2 Å². The first-order valence-corrected chi connectivity index (χ1v) is 5.44. The Balaban J connectivity index is 2.42. The van der Waals surface area contributed by atoms with Crippen molar-refractivity contribution >= 4 is 5.82 Å². The Morgan fingerprint density at radius 3 is 2.67 bits per heavy atom. The minimum atomic E-state index is -0.453. The third-order valence-corrected chi connectivity index (χ3v) is 2.33. The smallest absolute Gasteiger partial charge is 0.275 e. The van der Waals surface area contributed by atoms with Gasteiger partial charge in [0.15, 0.2) is 11.6 Å². The highest BCUT2D eigenvalue weighted by atomic mass is 16.5. The molecule has 0 radical (unpaired) electrons. The van der Waals surface area contributed by atoms with Gasteiger partial charge in [-0.15, -0.1) is 5.10 Å². The van der Waals surface area contributed by atoms with Crippen LogP contribution in [0, 0.1) is 0 Å². The molecule has 18 heavy (non-hydrogen) atoms. The molecule has 94 valence electrons. The van der Waals surface area contributed by atoms with Gasteiger partial charge in [0, 0.05) is 0 Å². The van der Waals surface area contributed by atoms with Crippen LogP contribution in [-0.4, -0.2) is 21.5 Å². The Hall–Kier alpha value is -2.50. The third-order valence-electron chi connectivity index (χ3n) is 2.33. The summed E-state index contributed by atoms with van der Waals surface area (Å²) < 4.78 is 6.41. The topological polar surface area (TPSA) is 90.4 Å². The van der Waals surface area contributed by atoms with Crippen LogP contribution in [0.25, 0.3) is 5.69 Å². The Bertz CT molecular complexity index is 605. The molecule has 0 bridgehead atoms. The lowest BCUT2D eigenvalue weighted by atomic mass is 10.3. The van der Waals surface area contributed by atoms with E-state index in [-0.39, 0.29) is 11.6 Å². The van der Waals surface area contributed by atoms with Gasteiger partial charge in [0.25, 0.3) is 5.56 Å². The predicted molar refractivity (Wildman–Crippen MR) is 67.1 cm³/mol. The Morgan fingerprint density at radius 2 is 2.06 bits per heavy atom. The first-order chi connectivity index (χ1) is 8.61. The summed E-state index contributed by atoms with van der Waals surface area (Å²) in [7, 11) is 0. The zero-order chi connectivity index (χ0) is 13.1. The van der Waals surface area contributed by atoms with Crippen LogP contribution in [-0.2, 0) is 0 Å². The second-order valence-electron chi connectivity index (χ2n) is 3.59. The van der Waals surface area contributed by atoms with E-state index in [0.717, 1.165) is 10.7 Å². The molecular weight excluding hydrogens is 234 g/mol. The van der Waals surface area contributed by atoms with Crippen molar-refractivity contribution in [3.05, 3.63) is 40.7 Å². The highest BCUT2D eigenvalue weighted by Crippen LogP contribution is 2.16. The highest BCUT2D eigenvalue weighted by Gasteiger charge is 2.06. The highest BCUT2D eigenvalue weighted by molar-refractivity contribution is 5.44. The third kappa shape index (κ3) is 2.27. The molecule has 6 nitrogen and oxygen atoms in total. The van der Waals surface area contributed by atoms with Gasteiger partial charge in [0.05, 0.1) is 18.4 Å². The minimum Gasteiger partial charge on any atom is -0.504 e. The van der Waals surface area contributed by atoms with E-state index in [4.69, 9.17) is 10.5 Å². The van der Waals surface area contributed by atoms with Crippen LogP contribution in [0.3, 0.4) is 0 Å². The lowest BCUT2D eigenvalue weighted by molar-refractivity contribution is 0.340. The molecule has 0 saturated heterocycles. The van der Waals surface area contributed by atoms with Gasteiger partial charge in [-0.1, -0.05) is 0 Å². The number of aromatic nitrogens is 2. The van der Waals surface area contributed by atoms with Crippen LogP contribution >= 0.6 is 0 Å². The molecule has 0 aliphatic heterocycles. The number of hydrogen-bond acceptors (Lipinski definition) is 5. The number of ether oxygens (including phenoxy) is 1. The summed E-state index contributed by atoms with van der Waals surface area (Å²) in [5, 5.41) is 13.1. The molecule has 3 N–H and O–H groups in total. The predicted octanol–water partition coefficient (Wildman–Crippen LogP) is 0.919. The fourth-order valence-corrected chi connectivity index (χ4v) is 1.50. The molecule has 1 aromatic heterocycles. The van der Waals surface area contributed by atoms with Gasteiger partial charge < -0.3 is 15.6 Å². The first kappa shape index (κ1) is 12.0. The summed E-state index contributed by atoms with van der Waals surface area (Å²) in [4.78, 5) is 11.7. The zero-order valence-electron chi connectivity index (χ0n) is 9.83. The van der Waals surface area contributed by atoms with Crippen LogP contribution < -0.4 is 16.0 Å². The number of aromatic hydroxyl groups is 1. The minimum absolute atomic E-state index is 0.0940. The van der Waals surface area contributed by atoms with E-state index in [1.165, 1.54) is 0 Å². The van der Waals surface area contributed by atoms with Crippen LogP contribution in [0.1, 0.15) is 6.92 Å². The van der Waals surface area contributed by atoms with Gasteiger partial charge in [-0.2, -0.15) is 4.68 Å². The fraction of sp³-hybridized carbons (Fsp3) is 0.167. The molecule has 2 aromatic rings. The maximum atomic E-state index is 11.7. The van der Waals surface area contributed by atoms with Gasteiger partial charge in [-0.25, -0.2) is 0 Å². The second-order valence-corrected chi connectivity index (χ2v) is 3.59. The molecule has 1 aromatic carbocycles. The molecule has 0 amide bonds. The number of rotatable bonds is 3.